The molecule has 10 rings (SSSR count). The highest BCUT2D eigenvalue weighted by atomic mass is 15.1. The first-order valence-corrected chi connectivity index (χ1v) is 18.7. The summed E-state index contributed by atoms with van der Waals surface area (Å²) >= 11 is 0. The van der Waals surface area contributed by atoms with E-state index in [4.69, 9.17) is 4.98 Å². The van der Waals surface area contributed by atoms with Crippen molar-refractivity contribution >= 4 is 38.7 Å². The third-order valence-corrected chi connectivity index (χ3v) is 11.3. The van der Waals surface area contributed by atoms with Gasteiger partial charge >= 0.3 is 0 Å². The summed E-state index contributed by atoms with van der Waals surface area (Å²) in [7, 11) is 0. The van der Waals surface area contributed by atoms with Gasteiger partial charge in [-0.1, -0.05) is 153 Å². The highest BCUT2D eigenvalue weighted by Gasteiger charge is 2.36. The number of para-hydroxylation sites is 1. The maximum atomic E-state index is 5.35. The second-order valence-electron chi connectivity index (χ2n) is 14.8. The molecule has 2 nitrogen and oxygen atoms in total. The molecular formula is C52H38N2. The molecule has 0 aliphatic heterocycles. The highest BCUT2D eigenvalue weighted by Crippen LogP contribution is 2.51. The van der Waals surface area contributed by atoms with Gasteiger partial charge in [0.05, 0.1) is 11.2 Å². The number of rotatable bonds is 6. The Morgan fingerprint density at radius 1 is 0.370 bits per heavy atom. The van der Waals surface area contributed by atoms with Crippen molar-refractivity contribution in [3.05, 3.63) is 205 Å². The van der Waals surface area contributed by atoms with Crippen molar-refractivity contribution in [2.45, 2.75) is 19.3 Å². The van der Waals surface area contributed by atoms with Crippen molar-refractivity contribution in [2.75, 3.05) is 4.90 Å². The van der Waals surface area contributed by atoms with Crippen LogP contribution in [0.15, 0.2) is 194 Å². The lowest BCUT2D eigenvalue weighted by molar-refractivity contribution is 0.661. The highest BCUT2D eigenvalue weighted by molar-refractivity contribution is 6.13. The molecule has 1 aliphatic rings. The van der Waals surface area contributed by atoms with Crippen LogP contribution in [0.25, 0.3) is 66.3 Å². The Bertz CT molecular complexity index is 2720. The number of pyridine rings is 1. The molecule has 0 saturated heterocycles. The van der Waals surface area contributed by atoms with E-state index in [1.54, 1.807) is 0 Å². The van der Waals surface area contributed by atoms with Crippen molar-refractivity contribution < 1.29 is 0 Å². The molecule has 0 unspecified atom stereocenters. The summed E-state index contributed by atoms with van der Waals surface area (Å²) in [4.78, 5) is 7.69. The largest absolute Gasteiger partial charge is 0.311 e. The van der Waals surface area contributed by atoms with E-state index in [0.29, 0.717) is 0 Å². The first-order valence-electron chi connectivity index (χ1n) is 18.7. The molecule has 0 atom stereocenters. The molecule has 0 bridgehead atoms. The summed E-state index contributed by atoms with van der Waals surface area (Å²) in [5.74, 6) is 0. The van der Waals surface area contributed by atoms with Crippen LogP contribution in [0.2, 0.25) is 0 Å². The third-order valence-electron chi connectivity index (χ3n) is 11.3. The molecule has 0 radical (unpaired) electrons. The van der Waals surface area contributed by atoms with Crippen molar-refractivity contribution in [2.24, 2.45) is 0 Å². The van der Waals surface area contributed by atoms with E-state index in [0.717, 1.165) is 33.8 Å². The predicted octanol–water partition coefficient (Wildman–Crippen LogP) is 14.2. The Kier molecular flexibility index (Phi) is 7.52. The molecule has 0 saturated carbocycles. The summed E-state index contributed by atoms with van der Waals surface area (Å²) in [5.41, 5.74) is 16.5. The molecule has 54 heavy (non-hydrogen) atoms. The zero-order chi connectivity index (χ0) is 36.2. The van der Waals surface area contributed by atoms with Gasteiger partial charge in [0.1, 0.15) is 0 Å². The minimum Gasteiger partial charge on any atom is -0.311 e. The van der Waals surface area contributed by atoms with Gasteiger partial charge < -0.3 is 4.90 Å². The van der Waals surface area contributed by atoms with E-state index in [2.05, 4.69) is 213 Å². The normalized spacial score (nSPS) is 12.8. The number of aromatic nitrogens is 1. The molecule has 0 fully saturated rings. The van der Waals surface area contributed by atoms with Crippen LogP contribution in [0.4, 0.5) is 17.1 Å². The first kappa shape index (κ1) is 31.9. The molecule has 2 heteroatoms. The molecule has 0 spiro atoms. The van der Waals surface area contributed by atoms with E-state index >= 15 is 0 Å². The SMILES string of the molecule is CC1(C)c2ccccc2-c2cc3c(cc21)c(-c1ccc(N(c2ccc(-c4ccccc4)cc2)c2ccc(-c4ccccc4)cc2)cc1)nc1ccccc13. The van der Waals surface area contributed by atoms with Crippen LogP contribution in [0, 0.1) is 0 Å². The monoisotopic (exact) mass is 690 g/mol. The van der Waals surface area contributed by atoms with E-state index in [9.17, 15) is 0 Å². The summed E-state index contributed by atoms with van der Waals surface area (Å²) in [6.07, 6.45) is 0. The quantitative estimate of drug-likeness (QED) is 0.161. The molecule has 9 aromatic rings. The van der Waals surface area contributed by atoms with E-state index < -0.39 is 0 Å². The lowest BCUT2D eigenvalue weighted by Crippen LogP contribution is -2.14. The van der Waals surface area contributed by atoms with Crippen LogP contribution in [-0.2, 0) is 5.41 Å². The van der Waals surface area contributed by atoms with Crippen molar-refractivity contribution in [1.29, 1.82) is 0 Å². The van der Waals surface area contributed by atoms with Gasteiger partial charge in [-0.2, -0.15) is 0 Å². The number of nitrogens with zero attached hydrogens (tertiary/aromatic N) is 2. The standard InChI is InChI=1S/C52H38N2/c1-52(2)48-19-11-9-17-43(48)46-33-45-44-18-10-12-20-50(44)53-51(47(45)34-49(46)52)39-25-31-42(32-26-39)54(40-27-21-37(22-28-40)35-13-5-3-6-14-35)41-29-23-38(24-30-41)36-15-7-4-8-16-36/h3-34H,1-2H3. The number of fused-ring (bicyclic) bond motifs is 6. The van der Waals surface area contributed by atoms with Gasteiger partial charge in [-0.15, -0.1) is 0 Å². The fourth-order valence-electron chi connectivity index (χ4n) is 8.45. The first-order chi connectivity index (χ1) is 26.5. The molecule has 1 aromatic heterocycles. The summed E-state index contributed by atoms with van der Waals surface area (Å²) in [6, 6.07) is 70.1. The maximum absolute atomic E-state index is 5.35. The zero-order valence-electron chi connectivity index (χ0n) is 30.4. The van der Waals surface area contributed by atoms with Crippen LogP contribution in [0.1, 0.15) is 25.0 Å². The minimum atomic E-state index is -0.0977. The van der Waals surface area contributed by atoms with Crippen LogP contribution in [0.5, 0.6) is 0 Å². The van der Waals surface area contributed by atoms with Gasteiger partial charge in [0, 0.05) is 38.8 Å². The molecule has 8 aromatic carbocycles. The van der Waals surface area contributed by atoms with Crippen LogP contribution >= 0.6 is 0 Å². The maximum Gasteiger partial charge on any atom is 0.0788 e. The summed E-state index contributed by atoms with van der Waals surface area (Å²) in [5, 5.41) is 3.61. The average molecular weight is 691 g/mol. The van der Waals surface area contributed by atoms with Crippen molar-refractivity contribution in [3.8, 4) is 44.6 Å². The zero-order valence-corrected chi connectivity index (χ0v) is 30.4. The molecule has 0 amide bonds. The second kappa shape index (κ2) is 12.7. The van der Waals surface area contributed by atoms with Gasteiger partial charge in [0.2, 0.25) is 0 Å². The van der Waals surface area contributed by atoms with Gasteiger partial charge in [0.25, 0.3) is 0 Å². The van der Waals surface area contributed by atoms with Crippen molar-refractivity contribution in [3.63, 3.8) is 0 Å². The van der Waals surface area contributed by atoms with E-state index in [1.165, 1.54) is 60.7 Å². The fraction of sp³-hybridized carbons (Fsp3) is 0.0577. The smallest absolute Gasteiger partial charge is 0.0788 e. The van der Waals surface area contributed by atoms with Crippen molar-refractivity contribution in [1.82, 2.24) is 4.98 Å². The van der Waals surface area contributed by atoms with Gasteiger partial charge in [-0.05, 0) is 104 Å². The van der Waals surface area contributed by atoms with Crippen LogP contribution in [-0.4, -0.2) is 4.98 Å². The lowest BCUT2D eigenvalue weighted by Gasteiger charge is -2.26. The Labute approximate surface area is 316 Å². The van der Waals surface area contributed by atoms with Crippen LogP contribution < -0.4 is 4.90 Å². The Morgan fingerprint density at radius 2 is 0.852 bits per heavy atom. The minimum absolute atomic E-state index is 0.0977. The third kappa shape index (κ3) is 5.30. The molecule has 0 N–H and O–H groups in total. The molecule has 1 aliphatic carbocycles. The summed E-state index contributed by atoms with van der Waals surface area (Å²) < 4.78 is 0. The van der Waals surface area contributed by atoms with Gasteiger partial charge in [0.15, 0.2) is 0 Å². The molecule has 1 heterocycles. The van der Waals surface area contributed by atoms with Gasteiger partial charge in [-0.25, -0.2) is 4.98 Å². The average Bonchev–Trinajstić information content (AvgIpc) is 3.46. The van der Waals surface area contributed by atoms with E-state index in [-0.39, 0.29) is 5.41 Å². The lowest BCUT2D eigenvalue weighted by atomic mass is 9.81. The fourth-order valence-corrected chi connectivity index (χ4v) is 8.45. The van der Waals surface area contributed by atoms with Gasteiger partial charge in [-0.3, -0.25) is 0 Å². The number of hydrogen-bond donors (Lipinski definition) is 0. The topological polar surface area (TPSA) is 16.1 Å². The Hall–Kier alpha value is -6.77. The summed E-state index contributed by atoms with van der Waals surface area (Å²) in [6.45, 7) is 4.69. The number of hydrogen-bond acceptors (Lipinski definition) is 2. The second-order valence-corrected chi connectivity index (χ2v) is 14.8. The molecule has 256 valence electrons. The number of benzene rings is 8. The van der Waals surface area contributed by atoms with E-state index in [1.807, 2.05) is 0 Å². The Morgan fingerprint density at radius 3 is 1.44 bits per heavy atom. The van der Waals surface area contributed by atoms with Crippen LogP contribution in [0.3, 0.4) is 0 Å². The number of anilines is 3. The molecular weight excluding hydrogens is 653 g/mol. The Balaban J connectivity index is 1.09. The predicted molar refractivity (Wildman–Crippen MR) is 228 cm³/mol.